The Balaban J connectivity index is 3.76. The maximum Gasteiger partial charge on any atom is 0.0487 e. The maximum atomic E-state index is 9.27. The summed E-state index contributed by atoms with van der Waals surface area (Å²) in [7, 11) is 0. The van der Waals surface area contributed by atoms with Crippen LogP contribution in [0.3, 0.4) is 0 Å². The van der Waals surface area contributed by atoms with E-state index in [1.54, 1.807) is 0 Å². The third-order valence-electron chi connectivity index (χ3n) is 2.82. The van der Waals surface area contributed by atoms with Crippen LogP contribution in [0.5, 0.6) is 0 Å². The standard InChI is InChI=1S/C10H22OS/c1-4-10(5-2,9-11)7-8-12-6-3/h11H,4-9H2,1-3H3. The van der Waals surface area contributed by atoms with Gasteiger partial charge in [0.05, 0.1) is 0 Å². The van der Waals surface area contributed by atoms with Crippen molar-refractivity contribution in [3.05, 3.63) is 0 Å². The zero-order valence-corrected chi connectivity index (χ0v) is 9.41. The minimum atomic E-state index is 0.210. The van der Waals surface area contributed by atoms with E-state index in [0.29, 0.717) is 6.61 Å². The first-order valence-corrected chi connectivity index (χ1v) is 6.08. The van der Waals surface area contributed by atoms with Gasteiger partial charge in [-0.3, -0.25) is 0 Å². The molecular formula is C10H22OS. The summed E-state index contributed by atoms with van der Waals surface area (Å²) in [6.07, 6.45) is 3.36. The van der Waals surface area contributed by atoms with Gasteiger partial charge in [-0.2, -0.15) is 11.8 Å². The molecule has 1 nitrogen and oxygen atoms in total. The molecule has 0 spiro atoms. The molecule has 0 amide bonds. The molecule has 0 aromatic carbocycles. The van der Waals surface area contributed by atoms with Crippen LogP contribution in [0.4, 0.5) is 0 Å². The molecule has 0 aromatic rings. The Bertz CT molecular complexity index is 91.7. The molecule has 0 fully saturated rings. The van der Waals surface area contributed by atoms with E-state index < -0.39 is 0 Å². The molecule has 0 aliphatic carbocycles. The van der Waals surface area contributed by atoms with E-state index in [2.05, 4.69) is 20.8 Å². The quantitative estimate of drug-likeness (QED) is 0.623. The number of aliphatic hydroxyl groups excluding tert-OH is 1. The molecule has 2 heteroatoms. The van der Waals surface area contributed by atoms with Crippen molar-refractivity contribution in [1.29, 1.82) is 0 Å². The van der Waals surface area contributed by atoms with Crippen molar-refractivity contribution in [2.75, 3.05) is 18.1 Å². The van der Waals surface area contributed by atoms with E-state index in [1.807, 2.05) is 11.8 Å². The van der Waals surface area contributed by atoms with Crippen LogP contribution in [-0.4, -0.2) is 23.2 Å². The zero-order valence-electron chi connectivity index (χ0n) is 8.60. The minimum Gasteiger partial charge on any atom is -0.396 e. The predicted molar refractivity (Wildman–Crippen MR) is 57.7 cm³/mol. The SMILES string of the molecule is CCSCCC(CC)(CC)CO. The predicted octanol–water partition coefficient (Wildman–Crippen LogP) is 2.93. The lowest BCUT2D eigenvalue weighted by atomic mass is 9.81. The first-order valence-electron chi connectivity index (χ1n) is 4.93. The molecule has 74 valence electrons. The van der Waals surface area contributed by atoms with Crippen molar-refractivity contribution >= 4 is 11.8 Å². The van der Waals surface area contributed by atoms with Gasteiger partial charge in [-0.15, -0.1) is 0 Å². The summed E-state index contributed by atoms with van der Waals surface area (Å²) in [4.78, 5) is 0. The number of thioether (sulfide) groups is 1. The smallest absolute Gasteiger partial charge is 0.0487 e. The molecule has 0 unspecified atom stereocenters. The molecule has 0 saturated carbocycles. The van der Waals surface area contributed by atoms with Crippen molar-refractivity contribution in [2.45, 2.75) is 40.0 Å². The summed E-state index contributed by atoms with van der Waals surface area (Å²) in [5.41, 5.74) is 0.210. The number of hydrogen-bond acceptors (Lipinski definition) is 2. The van der Waals surface area contributed by atoms with Crippen LogP contribution in [0.15, 0.2) is 0 Å². The van der Waals surface area contributed by atoms with Gasteiger partial charge in [0.25, 0.3) is 0 Å². The second kappa shape index (κ2) is 6.79. The van der Waals surface area contributed by atoms with Gasteiger partial charge in [0, 0.05) is 6.61 Å². The van der Waals surface area contributed by atoms with E-state index in [-0.39, 0.29) is 5.41 Å². The molecule has 0 bridgehead atoms. The normalized spacial score (nSPS) is 12.0. The van der Waals surface area contributed by atoms with Crippen LogP contribution < -0.4 is 0 Å². The Kier molecular flexibility index (Phi) is 6.96. The molecule has 0 radical (unpaired) electrons. The summed E-state index contributed by atoms with van der Waals surface area (Å²) in [5.74, 6) is 2.38. The Morgan fingerprint density at radius 3 is 2.08 bits per heavy atom. The Morgan fingerprint density at radius 2 is 1.75 bits per heavy atom. The van der Waals surface area contributed by atoms with E-state index in [9.17, 15) is 5.11 Å². The summed E-state index contributed by atoms with van der Waals surface area (Å²) >= 11 is 1.97. The van der Waals surface area contributed by atoms with E-state index in [4.69, 9.17) is 0 Å². The van der Waals surface area contributed by atoms with Crippen molar-refractivity contribution in [2.24, 2.45) is 5.41 Å². The van der Waals surface area contributed by atoms with Crippen molar-refractivity contribution < 1.29 is 5.11 Å². The Labute approximate surface area is 80.9 Å². The van der Waals surface area contributed by atoms with Crippen LogP contribution in [0.2, 0.25) is 0 Å². The molecule has 0 aliphatic rings. The van der Waals surface area contributed by atoms with Crippen LogP contribution in [0, 0.1) is 5.41 Å². The second-order valence-corrected chi connectivity index (χ2v) is 4.71. The van der Waals surface area contributed by atoms with Gasteiger partial charge in [-0.05, 0) is 36.2 Å². The first-order chi connectivity index (χ1) is 5.74. The Morgan fingerprint density at radius 1 is 1.17 bits per heavy atom. The van der Waals surface area contributed by atoms with Crippen molar-refractivity contribution in [3.8, 4) is 0 Å². The average Bonchev–Trinajstić information content (AvgIpc) is 2.14. The molecule has 12 heavy (non-hydrogen) atoms. The van der Waals surface area contributed by atoms with Gasteiger partial charge < -0.3 is 5.11 Å². The van der Waals surface area contributed by atoms with Crippen molar-refractivity contribution in [1.82, 2.24) is 0 Å². The summed E-state index contributed by atoms with van der Waals surface area (Å²) in [5, 5.41) is 9.27. The number of rotatable bonds is 7. The largest absolute Gasteiger partial charge is 0.396 e. The van der Waals surface area contributed by atoms with E-state index in [1.165, 1.54) is 11.5 Å². The summed E-state index contributed by atoms with van der Waals surface area (Å²) in [6, 6.07) is 0. The Hall–Kier alpha value is 0.310. The summed E-state index contributed by atoms with van der Waals surface area (Å²) < 4.78 is 0. The van der Waals surface area contributed by atoms with Gasteiger partial charge in [-0.25, -0.2) is 0 Å². The molecule has 0 atom stereocenters. The van der Waals surface area contributed by atoms with Gasteiger partial charge >= 0.3 is 0 Å². The van der Waals surface area contributed by atoms with E-state index >= 15 is 0 Å². The van der Waals surface area contributed by atoms with Gasteiger partial charge in [0.1, 0.15) is 0 Å². The molecule has 0 heterocycles. The second-order valence-electron chi connectivity index (χ2n) is 3.31. The lowest BCUT2D eigenvalue weighted by Crippen LogP contribution is -2.24. The maximum absolute atomic E-state index is 9.27. The third kappa shape index (κ3) is 3.81. The van der Waals surface area contributed by atoms with Crippen LogP contribution in [-0.2, 0) is 0 Å². The first kappa shape index (κ1) is 12.3. The van der Waals surface area contributed by atoms with Crippen LogP contribution >= 0.6 is 11.8 Å². The van der Waals surface area contributed by atoms with Gasteiger partial charge in [0.15, 0.2) is 0 Å². The van der Waals surface area contributed by atoms with Crippen molar-refractivity contribution in [3.63, 3.8) is 0 Å². The summed E-state index contributed by atoms with van der Waals surface area (Å²) in [6.45, 7) is 6.89. The van der Waals surface area contributed by atoms with Crippen LogP contribution in [0.1, 0.15) is 40.0 Å². The van der Waals surface area contributed by atoms with Gasteiger partial charge in [-0.1, -0.05) is 20.8 Å². The molecular weight excluding hydrogens is 168 g/mol. The highest BCUT2D eigenvalue weighted by Crippen LogP contribution is 2.31. The zero-order chi connectivity index (χ0) is 9.45. The molecule has 1 N–H and O–H groups in total. The molecule has 0 saturated heterocycles. The molecule has 0 aromatic heterocycles. The number of hydrogen-bond donors (Lipinski definition) is 1. The minimum absolute atomic E-state index is 0.210. The highest BCUT2D eigenvalue weighted by Gasteiger charge is 2.24. The number of aliphatic hydroxyl groups is 1. The highest BCUT2D eigenvalue weighted by atomic mass is 32.2. The third-order valence-corrected chi connectivity index (χ3v) is 3.72. The fraction of sp³-hybridized carbons (Fsp3) is 1.00. The van der Waals surface area contributed by atoms with Crippen LogP contribution in [0.25, 0.3) is 0 Å². The highest BCUT2D eigenvalue weighted by molar-refractivity contribution is 7.99. The van der Waals surface area contributed by atoms with Gasteiger partial charge in [0.2, 0.25) is 0 Å². The lowest BCUT2D eigenvalue weighted by molar-refractivity contribution is 0.112. The average molecular weight is 190 g/mol. The molecule has 0 rings (SSSR count). The van der Waals surface area contributed by atoms with E-state index in [0.717, 1.165) is 19.3 Å². The topological polar surface area (TPSA) is 20.2 Å². The fourth-order valence-electron chi connectivity index (χ4n) is 1.34. The lowest BCUT2D eigenvalue weighted by Gasteiger charge is -2.29. The molecule has 0 aliphatic heterocycles. The fourth-order valence-corrected chi connectivity index (χ4v) is 2.21. The monoisotopic (exact) mass is 190 g/mol.